The van der Waals surface area contributed by atoms with Crippen molar-refractivity contribution in [3.8, 4) is 0 Å². The van der Waals surface area contributed by atoms with E-state index in [9.17, 15) is 0 Å². The summed E-state index contributed by atoms with van der Waals surface area (Å²) in [5, 5.41) is 4.60. The summed E-state index contributed by atoms with van der Waals surface area (Å²) >= 11 is 0. The molecule has 2 atom stereocenters. The standard InChI is InChI=1S/C12H21N3/c1-8(2)7-15-6-5-9(14-15)10-11(13)12(10,3)4/h5-6,8,10-11H,7,13H2,1-4H3/t10-,11-/m1/s1. The lowest BCUT2D eigenvalue weighted by Crippen LogP contribution is -2.07. The largest absolute Gasteiger partial charge is 0.327 e. The molecule has 1 aliphatic rings. The fraction of sp³-hybridized carbons (Fsp3) is 0.750. The molecule has 1 saturated carbocycles. The molecule has 0 unspecified atom stereocenters. The molecule has 0 saturated heterocycles. The quantitative estimate of drug-likeness (QED) is 0.823. The Labute approximate surface area is 91.7 Å². The highest BCUT2D eigenvalue weighted by molar-refractivity contribution is 5.27. The number of nitrogens with zero attached hydrogens (tertiary/aromatic N) is 2. The molecule has 0 bridgehead atoms. The Morgan fingerprint density at radius 1 is 1.53 bits per heavy atom. The molecular weight excluding hydrogens is 186 g/mol. The predicted octanol–water partition coefficient (Wildman–Crippen LogP) is 1.99. The Balaban J connectivity index is 2.09. The number of nitrogens with two attached hydrogens (primary N) is 1. The first-order chi connectivity index (χ1) is 6.93. The summed E-state index contributed by atoms with van der Waals surface area (Å²) in [6.45, 7) is 9.82. The topological polar surface area (TPSA) is 43.8 Å². The Morgan fingerprint density at radius 3 is 2.60 bits per heavy atom. The lowest BCUT2D eigenvalue weighted by molar-refractivity contribution is 0.477. The van der Waals surface area contributed by atoms with E-state index in [1.807, 2.05) is 4.68 Å². The molecule has 0 radical (unpaired) electrons. The molecule has 1 aliphatic carbocycles. The van der Waals surface area contributed by atoms with Crippen molar-refractivity contribution in [2.24, 2.45) is 17.1 Å². The zero-order chi connectivity index (χ0) is 11.2. The Kier molecular flexibility index (Phi) is 2.38. The van der Waals surface area contributed by atoms with Crippen molar-refractivity contribution in [3.63, 3.8) is 0 Å². The van der Waals surface area contributed by atoms with E-state index in [0.29, 0.717) is 11.8 Å². The highest BCUT2D eigenvalue weighted by atomic mass is 15.3. The van der Waals surface area contributed by atoms with E-state index >= 15 is 0 Å². The maximum Gasteiger partial charge on any atom is 0.0677 e. The number of rotatable bonds is 3. The van der Waals surface area contributed by atoms with Gasteiger partial charge in [-0.2, -0.15) is 5.10 Å². The van der Waals surface area contributed by atoms with Gasteiger partial charge in [0.2, 0.25) is 0 Å². The Hall–Kier alpha value is -0.830. The van der Waals surface area contributed by atoms with E-state index in [2.05, 4.69) is 45.1 Å². The van der Waals surface area contributed by atoms with E-state index in [-0.39, 0.29) is 11.5 Å². The van der Waals surface area contributed by atoms with Crippen molar-refractivity contribution < 1.29 is 0 Å². The van der Waals surface area contributed by atoms with Crippen LogP contribution in [0.4, 0.5) is 0 Å². The van der Waals surface area contributed by atoms with E-state index in [4.69, 9.17) is 5.73 Å². The van der Waals surface area contributed by atoms with Crippen LogP contribution >= 0.6 is 0 Å². The number of aromatic nitrogens is 2. The minimum Gasteiger partial charge on any atom is -0.327 e. The average Bonchev–Trinajstić information content (AvgIpc) is 2.46. The summed E-state index contributed by atoms with van der Waals surface area (Å²) in [5.41, 5.74) is 7.43. The lowest BCUT2D eigenvalue weighted by Gasteiger charge is -2.04. The minimum atomic E-state index is 0.233. The molecule has 0 amide bonds. The monoisotopic (exact) mass is 207 g/mol. The Bertz CT molecular complexity index is 352. The molecule has 1 heterocycles. The van der Waals surface area contributed by atoms with Crippen molar-refractivity contribution in [2.45, 2.75) is 46.2 Å². The summed E-state index contributed by atoms with van der Waals surface area (Å²) in [7, 11) is 0. The highest BCUT2D eigenvalue weighted by Crippen LogP contribution is 2.56. The average molecular weight is 207 g/mol. The van der Waals surface area contributed by atoms with E-state index in [1.54, 1.807) is 0 Å². The van der Waals surface area contributed by atoms with Gasteiger partial charge in [-0.25, -0.2) is 0 Å². The number of hydrogen-bond acceptors (Lipinski definition) is 2. The van der Waals surface area contributed by atoms with Crippen molar-refractivity contribution in [1.29, 1.82) is 0 Å². The van der Waals surface area contributed by atoms with Gasteiger partial charge in [0.25, 0.3) is 0 Å². The molecule has 2 N–H and O–H groups in total. The first-order valence-electron chi connectivity index (χ1n) is 5.72. The van der Waals surface area contributed by atoms with Crippen LogP contribution in [0.15, 0.2) is 12.3 Å². The SMILES string of the molecule is CC(C)Cn1ccc([C@@H]2[C@@H](N)C2(C)C)n1. The smallest absolute Gasteiger partial charge is 0.0677 e. The molecule has 1 aromatic rings. The van der Waals surface area contributed by atoms with Crippen molar-refractivity contribution in [3.05, 3.63) is 18.0 Å². The molecule has 0 spiro atoms. The fourth-order valence-corrected chi connectivity index (χ4v) is 2.26. The predicted molar refractivity (Wildman–Crippen MR) is 61.6 cm³/mol. The van der Waals surface area contributed by atoms with E-state index in [1.165, 1.54) is 0 Å². The molecule has 1 fully saturated rings. The van der Waals surface area contributed by atoms with Gasteiger partial charge in [0.15, 0.2) is 0 Å². The van der Waals surface area contributed by atoms with Gasteiger partial charge in [-0.15, -0.1) is 0 Å². The van der Waals surface area contributed by atoms with Crippen LogP contribution in [0, 0.1) is 11.3 Å². The summed E-state index contributed by atoms with van der Waals surface area (Å²) < 4.78 is 2.03. The summed E-state index contributed by atoms with van der Waals surface area (Å²) in [6, 6.07) is 2.39. The second kappa shape index (κ2) is 3.34. The van der Waals surface area contributed by atoms with Crippen LogP contribution in [-0.4, -0.2) is 15.8 Å². The molecule has 3 nitrogen and oxygen atoms in total. The normalized spacial score (nSPS) is 28.4. The van der Waals surface area contributed by atoms with Crippen molar-refractivity contribution in [2.75, 3.05) is 0 Å². The molecule has 0 aliphatic heterocycles. The third-order valence-corrected chi connectivity index (χ3v) is 3.44. The first-order valence-corrected chi connectivity index (χ1v) is 5.72. The fourth-order valence-electron chi connectivity index (χ4n) is 2.26. The maximum absolute atomic E-state index is 6.04. The first kappa shape index (κ1) is 10.7. The van der Waals surface area contributed by atoms with Crippen LogP contribution in [0.1, 0.15) is 39.3 Å². The third kappa shape index (κ3) is 1.81. The van der Waals surface area contributed by atoms with Crippen LogP contribution in [0.3, 0.4) is 0 Å². The van der Waals surface area contributed by atoms with Crippen LogP contribution in [0.2, 0.25) is 0 Å². The summed E-state index contributed by atoms with van der Waals surface area (Å²) in [4.78, 5) is 0. The zero-order valence-electron chi connectivity index (χ0n) is 10.1. The molecular formula is C12H21N3. The minimum absolute atomic E-state index is 0.233. The van der Waals surface area contributed by atoms with E-state index < -0.39 is 0 Å². The molecule has 2 rings (SSSR count). The highest BCUT2D eigenvalue weighted by Gasteiger charge is 2.57. The van der Waals surface area contributed by atoms with Crippen molar-refractivity contribution in [1.82, 2.24) is 9.78 Å². The molecule has 84 valence electrons. The number of hydrogen-bond donors (Lipinski definition) is 1. The van der Waals surface area contributed by atoms with Crippen LogP contribution in [0.25, 0.3) is 0 Å². The van der Waals surface area contributed by atoms with Crippen molar-refractivity contribution >= 4 is 0 Å². The molecule has 15 heavy (non-hydrogen) atoms. The maximum atomic E-state index is 6.04. The Morgan fingerprint density at radius 2 is 2.13 bits per heavy atom. The van der Waals surface area contributed by atoms with Gasteiger partial charge in [-0.3, -0.25) is 4.68 Å². The van der Waals surface area contributed by atoms with Gasteiger partial charge in [-0.05, 0) is 17.4 Å². The van der Waals surface area contributed by atoms with Gasteiger partial charge in [0.05, 0.1) is 5.69 Å². The third-order valence-electron chi connectivity index (χ3n) is 3.44. The second-order valence-corrected chi connectivity index (χ2v) is 5.68. The lowest BCUT2D eigenvalue weighted by atomic mass is 10.1. The van der Waals surface area contributed by atoms with Gasteiger partial charge < -0.3 is 5.73 Å². The summed E-state index contributed by atoms with van der Waals surface area (Å²) in [6.07, 6.45) is 2.07. The van der Waals surface area contributed by atoms with Crippen LogP contribution in [0.5, 0.6) is 0 Å². The summed E-state index contributed by atoms with van der Waals surface area (Å²) in [5.74, 6) is 1.09. The molecule has 3 heteroatoms. The van der Waals surface area contributed by atoms with E-state index in [0.717, 1.165) is 12.2 Å². The molecule has 0 aromatic carbocycles. The van der Waals surface area contributed by atoms with Crippen LogP contribution < -0.4 is 5.73 Å². The van der Waals surface area contributed by atoms with Gasteiger partial charge in [0, 0.05) is 24.7 Å². The molecule has 1 aromatic heterocycles. The van der Waals surface area contributed by atoms with Gasteiger partial charge >= 0.3 is 0 Å². The zero-order valence-corrected chi connectivity index (χ0v) is 10.1. The van der Waals surface area contributed by atoms with Gasteiger partial charge in [-0.1, -0.05) is 27.7 Å². The second-order valence-electron chi connectivity index (χ2n) is 5.68. The van der Waals surface area contributed by atoms with Gasteiger partial charge in [0.1, 0.15) is 0 Å². The van der Waals surface area contributed by atoms with Crippen LogP contribution in [-0.2, 0) is 6.54 Å².